The van der Waals surface area contributed by atoms with Crippen LogP contribution in [0.2, 0.25) is 5.02 Å². The summed E-state index contributed by atoms with van der Waals surface area (Å²) >= 11 is 11.5. The van der Waals surface area contributed by atoms with Gasteiger partial charge in [0.1, 0.15) is 0 Å². The number of ether oxygens (including phenoxy) is 1. The number of alkyl halides is 1. The van der Waals surface area contributed by atoms with E-state index in [0.29, 0.717) is 24.3 Å². The van der Waals surface area contributed by atoms with Gasteiger partial charge in [0.2, 0.25) is 0 Å². The van der Waals surface area contributed by atoms with Crippen molar-refractivity contribution in [3.05, 3.63) is 28.3 Å². The zero-order valence-corrected chi connectivity index (χ0v) is 11.3. The van der Waals surface area contributed by atoms with Gasteiger partial charge < -0.3 is 10.5 Å². The van der Waals surface area contributed by atoms with Crippen molar-refractivity contribution in [2.75, 3.05) is 18.7 Å². The first-order chi connectivity index (χ1) is 8.52. The second-order valence-electron chi connectivity index (χ2n) is 3.60. The summed E-state index contributed by atoms with van der Waals surface area (Å²) in [5.41, 5.74) is 6.30. The van der Waals surface area contributed by atoms with Crippen LogP contribution in [0.15, 0.2) is 12.1 Å². The highest BCUT2D eigenvalue weighted by Gasteiger charge is 2.18. The predicted octanol–water partition coefficient (Wildman–Crippen LogP) is 2.91. The third kappa shape index (κ3) is 3.15. The summed E-state index contributed by atoms with van der Waals surface area (Å²) in [6, 6.07) is 2.91. The quantitative estimate of drug-likeness (QED) is 0.392. The van der Waals surface area contributed by atoms with Gasteiger partial charge in [-0.1, -0.05) is 11.6 Å². The Morgan fingerprint density at radius 2 is 1.94 bits per heavy atom. The molecule has 1 aromatic carbocycles. The molecule has 98 valence electrons. The Hall–Kier alpha value is -1.26. The number of ketones is 1. The van der Waals surface area contributed by atoms with Gasteiger partial charge in [-0.2, -0.15) is 0 Å². The van der Waals surface area contributed by atoms with Crippen LogP contribution >= 0.6 is 23.2 Å². The van der Waals surface area contributed by atoms with Crippen molar-refractivity contribution >= 4 is 40.6 Å². The molecule has 0 heterocycles. The lowest BCUT2D eigenvalue weighted by Crippen LogP contribution is -2.09. The molecular formula is C12H13Cl2NO3. The van der Waals surface area contributed by atoms with Crippen LogP contribution in [0.3, 0.4) is 0 Å². The molecule has 0 saturated carbocycles. The first-order valence-corrected chi connectivity index (χ1v) is 6.19. The van der Waals surface area contributed by atoms with E-state index in [2.05, 4.69) is 4.74 Å². The van der Waals surface area contributed by atoms with Crippen molar-refractivity contribution in [2.45, 2.75) is 12.8 Å². The number of halogens is 2. The maximum atomic E-state index is 11.8. The molecule has 4 nitrogen and oxygen atoms in total. The van der Waals surface area contributed by atoms with Crippen molar-refractivity contribution in [3.8, 4) is 0 Å². The third-order valence-electron chi connectivity index (χ3n) is 2.42. The molecule has 0 radical (unpaired) electrons. The molecule has 0 amide bonds. The Balaban J connectivity index is 3.08. The fraction of sp³-hybridized carbons (Fsp3) is 0.333. The van der Waals surface area contributed by atoms with Gasteiger partial charge in [0.25, 0.3) is 0 Å². The summed E-state index contributed by atoms with van der Waals surface area (Å²) in [6.45, 7) is 0. The van der Waals surface area contributed by atoms with E-state index in [-0.39, 0.29) is 22.1 Å². The highest BCUT2D eigenvalue weighted by Crippen LogP contribution is 2.28. The van der Waals surface area contributed by atoms with Gasteiger partial charge in [-0.25, -0.2) is 4.79 Å². The molecule has 0 aliphatic rings. The SMILES string of the molecule is COC(=O)c1ccc(C(=O)CCCCl)c(N)c1Cl. The van der Waals surface area contributed by atoms with Gasteiger partial charge in [-0.3, -0.25) is 4.79 Å². The van der Waals surface area contributed by atoms with Crippen LogP contribution in [0.5, 0.6) is 0 Å². The van der Waals surface area contributed by atoms with Crippen LogP contribution in [0.1, 0.15) is 33.6 Å². The van der Waals surface area contributed by atoms with E-state index in [1.807, 2.05) is 0 Å². The number of methoxy groups -OCH3 is 1. The molecule has 0 spiro atoms. The highest BCUT2D eigenvalue weighted by atomic mass is 35.5. The average Bonchev–Trinajstić information content (AvgIpc) is 2.38. The summed E-state index contributed by atoms with van der Waals surface area (Å²) in [6.07, 6.45) is 0.859. The molecule has 1 aromatic rings. The van der Waals surface area contributed by atoms with Crippen LogP contribution in [0.4, 0.5) is 5.69 Å². The van der Waals surface area contributed by atoms with Crippen LogP contribution in [0, 0.1) is 0 Å². The summed E-state index contributed by atoms with van der Waals surface area (Å²) in [4.78, 5) is 23.2. The first kappa shape index (κ1) is 14.8. The summed E-state index contributed by atoms with van der Waals surface area (Å²) in [5.74, 6) is -0.336. The van der Waals surface area contributed by atoms with Gasteiger partial charge in [-0.05, 0) is 18.6 Å². The second-order valence-corrected chi connectivity index (χ2v) is 4.35. The van der Waals surface area contributed by atoms with Crippen molar-refractivity contribution in [2.24, 2.45) is 0 Å². The first-order valence-electron chi connectivity index (χ1n) is 5.28. The molecule has 0 fully saturated rings. The number of nitrogen functional groups attached to an aromatic ring is 1. The maximum absolute atomic E-state index is 11.8. The van der Waals surface area contributed by atoms with Crippen molar-refractivity contribution in [1.82, 2.24) is 0 Å². The Labute approximate surface area is 115 Å². The monoisotopic (exact) mass is 289 g/mol. The molecule has 1 rings (SSSR count). The van der Waals surface area contributed by atoms with E-state index < -0.39 is 5.97 Å². The summed E-state index contributed by atoms with van der Waals surface area (Å²) < 4.78 is 4.56. The lowest BCUT2D eigenvalue weighted by Gasteiger charge is -2.09. The number of esters is 1. The van der Waals surface area contributed by atoms with Crippen LogP contribution in [-0.2, 0) is 4.74 Å². The van der Waals surface area contributed by atoms with E-state index in [4.69, 9.17) is 28.9 Å². The fourth-order valence-electron chi connectivity index (χ4n) is 1.47. The summed E-state index contributed by atoms with van der Waals surface area (Å²) in [5, 5.41) is 0.0403. The van der Waals surface area contributed by atoms with Crippen LogP contribution < -0.4 is 5.73 Å². The van der Waals surface area contributed by atoms with Gasteiger partial charge in [0.15, 0.2) is 5.78 Å². The normalized spacial score (nSPS) is 10.2. The Bertz CT molecular complexity index is 475. The van der Waals surface area contributed by atoms with E-state index in [0.717, 1.165) is 0 Å². The Kier molecular flexibility index (Phi) is 5.44. The minimum Gasteiger partial charge on any atom is -0.465 e. The number of carbonyl (C=O) groups excluding carboxylic acids is 2. The highest BCUT2D eigenvalue weighted by molar-refractivity contribution is 6.37. The van der Waals surface area contributed by atoms with E-state index >= 15 is 0 Å². The molecule has 0 unspecified atom stereocenters. The number of hydrogen-bond acceptors (Lipinski definition) is 4. The fourth-order valence-corrected chi connectivity index (χ4v) is 1.84. The number of benzene rings is 1. The largest absolute Gasteiger partial charge is 0.465 e. The van der Waals surface area contributed by atoms with Crippen LogP contribution in [-0.4, -0.2) is 24.7 Å². The minimum atomic E-state index is -0.591. The number of rotatable bonds is 5. The lowest BCUT2D eigenvalue weighted by atomic mass is 10.0. The van der Waals surface area contributed by atoms with E-state index in [1.165, 1.54) is 19.2 Å². The Morgan fingerprint density at radius 3 is 2.50 bits per heavy atom. The molecule has 18 heavy (non-hydrogen) atoms. The third-order valence-corrected chi connectivity index (χ3v) is 3.10. The lowest BCUT2D eigenvalue weighted by molar-refractivity contribution is 0.0600. The molecule has 0 aliphatic carbocycles. The zero-order valence-electron chi connectivity index (χ0n) is 9.83. The molecule has 0 saturated heterocycles. The molecule has 0 aromatic heterocycles. The molecule has 6 heteroatoms. The van der Waals surface area contributed by atoms with Gasteiger partial charge in [0.05, 0.1) is 23.4 Å². The number of anilines is 1. The molecule has 0 aliphatic heterocycles. The summed E-state index contributed by atoms with van der Waals surface area (Å²) in [7, 11) is 1.24. The molecular weight excluding hydrogens is 277 g/mol. The van der Waals surface area contributed by atoms with Crippen molar-refractivity contribution in [3.63, 3.8) is 0 Å². The van der Waals surface area contributed by atoms with Crippen LogP contribution in [0.25, 0.3) is 0 Å². The van der Waals surface area contributed by atoms with E-state index in [1.54, 1.807) is 0 Å². The molecule has 0 atom stereocenters. The predicted molar refractivity (Wildman–Crippen MR) is 71.5 cm³/mol. The Morgan fingerprint density at radius 1 is 1.33 bits per heavy atom. The minimum absolute atomic E-state index is 0.0403. The number of hydrogen-bond donors (Lipinski definition) is 1. The molecule has 0 bridgehead atoms. The van der Waals surface area contributed by atoms with E-state index in [9.17, 15) is 9.59 Å². The standard InChI is InChI=1S/C12H13Cl2NO3/c1-18-12(17)8-5-4-7(11(15)10(8)14)9(16)3-2-6-13/h4-5H,2-3,6,15H2,1H3. The number of nitrogens with two attached hydrogens (primary N) is 1. The van der Waals surface area contributed by atoms with Gasteiger partial charge >= 0.3 is 5.97 Å². The second kappa shape index (κ2) is 6.61. The number of Topliss-reactive ketones (excluding diaryl/α,β-unsaturated/α-hetero) is 1. The zero-order chi connectivity index (χ0) is 13.7. The maximum Gasteiger partial charge on any atom is 0.339 e. The average molecular weight is 290 g/mol. The van der Waals surface area contributed by atoms with Crippen molar-refractivity contribution < 1.29 is 14.3 Å². The topological polar surface area (TPSA) is 69.4 Å². The van der Waals surface area contributed by atoms with Gasteiger partial charge in [-0.15, -0.1) is 11.6 Å². The smallest absolute Gasteiger partial charge is 0.339 e. The molecule has 2 N–H and O–H groups in total. The van der Waals surface area contributed by atoms with Crippen molar-refractivity contribution in [1.29, 1.82) is 0 Å². The number of carbonyl (C=O) groups is 2. The van der Waals surface area contributed by atoms with Gasteiger partial charge in [0, 0.05) is 17.9 Å².